The molecule has 0 unspecified atom stereocenters. The lowest BCUT2D eigenvalue weighted by molar-refractivity contribution is 0.304. The Hall–Kier alpha value is -4.86. The predicted octanol–water partition coefficient (Wildman–Crippen LogP) is 22.8. The molecule has 4 aromatic carbocycles. The van der Waals surface area contributed by atoms with E-state index in [1.165, 1.54) is 202 Å². The molecule has 0 aliphatic heterocycles. The average molecular weight is 1150 g/mol. The van der Waals surface area contributed by atoms with Crippen LogP contribution in [-0.4, -0.2) is 26.4 Å². The molecule has 8 heteroatoms. The van der Waals surface area contributed by atoms with Crippen LogP contribution < -0.4 is 18.9 Å². The van der Waals surface area contributed by atoms with Gasteiger partial charge < -0.3 is 18.9 Å². The van der Waals surface area contributed by atoms with Crippen LogP contribution in [0.5, 0.6) is 23.0 Å². The molecule has 0 bridgehead atoms. The van der Waals surface area contributed by atoms with Crippen LogP contribution in [0.15, 0.2) is 120 Å². The first-order valence-electron chi connectivity index (χ1n) is 31.3. The molecular weight excluding hydrogens is 1060 g/mol. The molecular formula is C72H88O4S4. The maximum Gasteiger partial charge on any atom is 0.119 e. The highest BCUT2D eigenvalue weighted by molar-refractivity contribution is 7.34. The highest BCUT2D eigenvalue weighted by atomic mass is 32.1. The quantitative estimate of drug-likeness (QED) is 0.0367. The van der Waals surface area contributed by atoms with Crippen molar-refractivity contribution in [2.75, 3.05) is 26.4 Å². The molecule has 0 amide bonds. The van der Waals surface area contributed by atoms with E-state index in [0.29, 0.717) is 0 Å². The Kier molecular flexibility index (Phi) is 21.1. The number of rotatable bonds is 36. The fraction of sp³-hybridized carbons (Fsp3) is 0.472. The fourth-order valence-corrected chi connectivity index (χ4v) is 18.1. The zero-order valence-electron chi connectivity index (χ0n) is 48.6. The second-order valence-electron chi connectivity index (χ2n) is 22.7. The minimum absolute atomic E-state index is 0.554. The largest absolute Gasteiger partial charge is 0.494 e. The predicted molar refractivity (Wildman–Crippen MR) is 346 cm³/mol. The van der Waals surface area contributed by atoms with Crippen molar-refractivity contribution in [3.05, 3.63) is 164 Å². The summed E-state index contributed by atoms with van der Waals surface area (Å²) < 4.78 is 28.7. The Bertz CT molecular complexity index is 2780. The summed E-state index contributed by atoms with van der Waals surface area (Å²) in [5.41, 5.74) is 9.56. The van der Waals surface area contributed by atoms with E-state index in [1.807, 2.05) is 45.3 Å². The molecule has 0 saturated heterocycles. The van der Waals surface area contributed by atoms with E-state index in [0.717, 1.165) is 75.1 Å². The van der Waals surface area contributed by atoms with Crippen LogP contribution in [0.25, 0.3) is 28.9 Å². The van der Waals surface area contributed by atoms with Crippen molar-refractivity contribution < 1.29 is 18.9 Å². The minimum Gasteiger partial charge on any atom is -0.494 e. The van der Waals surface area contributed by atoms with Crippen molar-refractivity contribution in [2.24, 2.45) is 0 Å². The molecule has 2 aliphatic rings. The van der Waals surface area contributed by atoms with Crippen LogP contribution >= 0.6 is 45.3 Å². The molecule has 0 N–H and O–H groups in total. The summed E-state index contributed by atoms with van der Waals surface area (Å²) in [6, 6.07) is 41.7. The lowest BCUT2D eigenvalue weighted by Crippen LogP contribution is -2.28. The van der Waals surface area contributed by atoms with E-state index in [1.54, 1.807) is 0 Å². The number of hydrogen-bond donors (Lipinski definition) is 0. The van der Waals surface area contributed by atoms with Gasteiger partial charge in [0.1, 0.15) is 23.0 Å². The second-order valence-corrected chi connectivity index (χ2v) is 26.5. The van der Waals surface area contributed by atoms with Crippen LogP contribution in [0.3, 0.4) is 0 Å². The first-order chi connectivity index (χ1) is 39.6. The third-order valence-electron chi connectivity index (χ3n) is 17.0. The van der Waals surface area contributed by atoms with E-state index in [-0.39, 0.29) is 0 Å². The van der Waals surface area contributed by atoms with Crippen molar-refractivity contribution in [1.82, 2.24) is 0 Å². The number of thiophene rings is 4. The summed E-state index contributed by atoms with van der Waals surface area (Å²) in [6.45, 7) is 12.1. The smallest absolute Gasteiger partial charge is 0.119 e. The Morgan fingerprint density at radius 2 is 0.537 bits per heavy atom. The van der Waals surface area contributed by atoms with E-state index in [9.17, 15) is 0 Å². The minimum atomic E-state index is -0.554. The second kappa shape index (κ2) is 28.9. The molecule has 0 radical (unpaired) electrons. The standard InChI is InChI=1S/C72H88O4S4/c1-5-9-13-17-21-25-47-73-57-37-29-53(30-38-57)71(54-31-39-58(40-32-54)74-48-26-22-18-14-10-6-2)61-45-51-77-65(61)67-63(71)69-70(79-67)64-68(80-69)66-62(46-52-78-66)72(64,55-33-41-59(42-34-55)75-49-27-23-19-15-11-7-3)56-35-43-60(44-36-56)76-50-28-24-20-16-12-8-4/h29-46,51-52H,5-28,47-50H2,1-4H3. The summed E-state index contributed by atoms with van der Waals surface area (Å²) >= 11 is 7.84. The topological polar surface area (TPSA) is 36.9 Å². The van der Waals surface area contributed by atoms with E-state index < -0.39 is 10.8 Å². The molecule has 424 valence electrons. The van der Waals surface area contributed by atoms with Gasteiger partial charge in [-0.1, -0.05) is 205 Å². The molecule has 8 aromatic rings. The molecule has 4 nitrogen and oxygen atoms in total. The number of hydrogen-bond acceptors (Lipinski definition) is 8. The number of fused-ring (bicyclic) bond motifs is 9. The van der Waals surface area contributed by atoms with Crippen molar-refractivity contribution >= 4 is 54.7 Å². The summed E-state index contributed by atoms with van der Waals surface area (Å²) in [5, 5.41) is 4.65. The summed E-state index contributed by atoms with van der Waals surface area (Å²) in [4.78, 5) is 5.55. The number of ether oxygens (including phenoxy) is 4. The Morgan fingerprint density at radius 1 is 0.287 bits per heavy atom. The van der Waals surface area contributed by atoms with Gasteiger partial charge in [-0.15, -0.1) is 45.3 Å². The van der Waals surface area contributed by atoms with E-state index in [4.69, 9.17) is 18.9 Å². The summed E-state index contributed by atoms with van der Waals surface area (Å²) in [5.74, 6) is 3.77. The van der Waals surface area contributed by atoms with Gasteiger partial charge in [-0.3, -0.25) is 0 Å². The molecule has 4 heterocycles. The normalized spacial score (nSPS) is 13.6. The molecule has 0 fully saturated rings. The highest BCUT2D eigenvalue weighted by Crippen LogP contribution is 2.69. The first kappa shape index (κ1) is 58.3. The molecule has 4 aromatic heterocycles. The van der Waals surface area contributed by atoms with Gasteiger partial charge in [-0.05, 0) is 130 Å². The fourth-order valence-electron chi connectivity index (χ4n) is 12.8. The molecule has 2 aliphatic carbocycles. The maximum atomic E-state index is 6.48. The molecule has 0 spiro atoms. The lowest BCUT2D eigenvalue weighted by Gasteiger charge is -2.33. The summed E-state index contributed by atoms with van der Waals surface area (Å²) in [6.07, 6.45) is 29.9. The van der Waals surface area contributed by atoms with Gasteiger partial charge in [0, 0.05) is 20.9 Å². The van der Waals surface area contributed by atoms with Crippen LogP contribution in [0.2, 0.25) is 0 Å². The van der Waals surface area contributed by atoms with Crippen LogP contribution in [0.1, 0.15) is 226 Å². The van der Waals surface area contributed by atoms with Gasteiger partial charge in [0.2, 0.25) is 0 Å². The monoisotopic (exact) mass is 1140 g/mol. The van der Waals surface area contributed by atoms with Gasteiger partial charge in [0.15, 0.2) is 0 Å². The lowest BCUT2D eigenvalue weighted by atomic mass is 9.67. The van der Waals surface area contributed by atoms with Gasteiger partial charge in [0.25, 0.3) is 0 Å². The molecule has 0 atom stereocenters. The van der Waals surface area contributed by atoms with Crippen molar-refractivity contribution in [3.8, 4) is 42.5 Å². The van der Waals surface area contributed by atoms with Gasteiger partial charge in [-0.25, -0.2) is 0 Å². The van der Waals surface area contributed by atoms with Crippen LogP contribution in [0, 0.1) is 0 Å². The van der Waals surface area contributed by atoms with E-state index in [2.05, 4.69) is 148 Å². The molecule has 80 heavy (non-hydrogen) atoms. The van der Waals surface area contributed by atoms with Crippen molar-refractivity contribution in [2.45, 2.75) is 193 Å². The first-order valence-corrected chi connectivity index (χ1v) is 34.7. The third-order valence-corrected chi connectivity index (χ3v) is 21.7. The van der Waals surface area contributed by atoms with Crippen molar-refractivity contribution in [3.63, 3.8) is 0 Å². The van der Waals surface area contributed by atoms with Gasteiger partial charge in [0.05, 0.1) is 56.4 Å². The molecule has 0 saturated carbocycles. The van der Waals surface area contributed by atoms with Gasteiger partial charge in [-0.2, -0.15) is 0 Å². The Balaban J connectivity index is 1.06. The van der Waals surface area contributed by atoms with Crippen LogP contribution in [0.4, 0.5) is 0 Å². The SMILES string of the molecule is CCCCCCCCOc1ccc(C2(c3ccc(OCCCCCCCC)cc3)c3ccsc3-c3sc4c5c(sc4c32)-c2sccc2C5(c2ccc(OCCCCCCCC)cc2)c2ccc(OCCCCCCCC)cc2)cc1. The molecule has 10 rings (SSSR count). The van der Waals surface area contributed by atoms with Gasteiger partial charge >= 0.3 is 0 Å². The zero-order chi connectivity index (χ0) is 55.0. The Labute approximate surface area is 496 Å². The van der Waals surface area contributed by atoms with Crippen LogP contribution in [-0.2, 0) is 10.8 Å². The maximum absolute atomic E-state index is 6.48. The Morgan fingerprint density at radius 3 is 0.800 bits per heavy atom. The summed E-state index contributed by atoms with van der Waals surface area (Å²) in [7, 11) is 0. The number of benzene rings is 4. The average Bonchev–Trinajstić information content (AvgIpc) is 4.49. The van der Waals surface area contributed by atoms with E-state index >= 15 is 0 Å². The van der Waals surface area contributed by atoms with Crippen molar-refractivity contribution in [1.29, 1.82) is 0 Å². The third kappa shape index (κ3) is 12.4. The zero-order valence-corrected chi connectivity index (χ0v) is 51.9. The highest BCUT2D eigenvalue weighted by Gasteiger charge is 2.54. The number of unbranched alkanes of at least 4 members (excludes halogenated alkanes) is 20.